The van der Waals surface area contributed by atoms with Crippen LogP contribution >= 0.6 is 0 Å². The van der Waals surface area contributed by atoms with E-state index in [2.05, 4.69) is 6.92 Å². The monoisotopic (exact) mass is 456 g/mol. The van der Waals surface area contributed by atoms with Crippen LogP contribution in [0.15, 0.2) is 72.8 Å². The van der Waals surface area contributed by atoms with Gasteiger partial charge < -0.3 is 9.47 Å². The number of hydrogen-bond acceptors (Lipinski definition) is 4. The number of rotatable bonds is 9. The van der Waals surface area contributed by atoms with Crippen molar-refractivity contribution in [1.82, 2.24) is 0 Å². The molecular formula is C30H32O4. The predicted octanol–water partition coefficient (Wildman–Crippen LogP) is 7.66. The third-order valence-electron chi connectivity index (χ3n) is 5.83. The number of ether oxygens (including phenoxy) is 2. The van der Waals surface area contributed by atoms with Crippen molar-refractivity contribution in [2.45, 2.75) is 39.0 Å². The summed E-state index contributed by atoms with van der Waals surface area (Å²) in [5, 5.41) is 4.32. The van der Waals surface area contributed by atoms with Gasteiger partial charge >= 0.3 is 0 Å². The van der Waals surface area contributed by atoms with Gasteiger partial charge in [0, 0.05) is 17.5 Å². The van der Waals surface area contributed by atoms with Crippen LogP contribution in [-0.4, -0.2) is 26.3 Å². The highest BCUT2D eigenvalue weighted by molar-refractivity contribution is 6.00. The molecule has 0 aliphatic carbocycles. The Morgan fingerprint density at radius 3 is 1.85 bits per heavy atom. The summed E-state index contributed by atoms with van der Waals surface area (Å²) in [7, 11) is 3.30. The number of Topliss-reactive ketones (excluding diaryl/α,β-unsaturated/α-hetero) is 1. The van der Waals surface area contributed by atoms with Gasteiger partial charge in [-0.3, -0.25) is 9.59 Å². The van der Waals surface area contributed by atoms with E-state index < -0.39 is 0 Å². The highest BCUT2D eigenvalue weighted by Gasteiger charge is 2.07. The molecule has 0 spiro atoms. The molecule has 4 aromatic rings. The zero-order valence-electron chi connectivity index (χ0n) is 20.2. The third kappa shape index (κ3) is 6.67. The molecule has 0 amide bonds. The van der Waals surface area contributed by atoms with Crippen molar-refractivity contribution in [3.05, 3.63) is 83.9 Å². The summed E-state index contributed by atoms with van der Waals surface area (Å²) >= 11 is 0. The fourth-order valence-electron chi connectivity index (χ4n) is 3.82. The molecule has 0 saturated carbocycles. The number of hydrogen-bond donors (Lipinski definition) is 0. The van der Waals surface area contributed by atoms with E-state index in [0.29, 0.717) is 12.0 Å². The fraction of sp³-hybridized carbons (Fsp3) is 0.267. The molecule has 4 aromatic carbocycles. The molecule has 34 heavy (non-hydrogen) atoms. The molecule has 4 rings (SSSR count). The maximum Gasteiger partial charge on any atom is 0.162 e. The number of carbonyl (C=O) groups excluding carboxylic acids is 2. The second-order valence-corrected chi connectivity index (χ2v) is 8.25. The molecule has 0 heterocycles. The van der Waals surface area contributed by atoms with Gasteiger partial charge in [-0.2, -0.15) is 0 Å². The molecule has 176 valence electrons. The van der Waals surface area contributed by atoms with Crippen molar-refractivity contribution in [1.29, 1.82) is 0 Å². The number of benzene rings is 4. The highest BCUT2D eigenvalue weighted by atomic mass is 16.5. The quantitative estimate of drug-likeness (QED) is 0.147. The predicted molar refractivity (Wildman–Crippen MR) is 139 cm³/mol. The summed E-state index contributed by atoms with van der Waals surface area (Å²) in [5.41, 5.74) is 1.52. The van der Waals surface area contributed by atoms with Crippen LogP contribution in [0.2, 0.25) is 0 Å². The van der Waals surface area contributed by atoms with Crippen LogP contribution in [0.1, 0.15) is 59.7 Å². The minimum atomic E-state index is 0.249. The second-order valence-electron chi connectivity index (χ2n) is 8.25. The molecule has 0 unspecified atom stereocenters. The number of fused-ring (bicyclic) bond motifs is 2. The molecule has 0 saturated heterocycles. The van der Waals surface area contributed by atoms with Crippen molar-refractivity contribution in [3.8, 4) is 11.5 Å². The maximum atomic E-state index is 12.1. The van der Waals surface area contributed by atoms with Crippen molar-refractivity contribution in [2.75, 3.05) is 14.2 Å². The first-order chi connectivity index (χ1) is 16.6. The van der Waals surface area contributed by atoms with E-state index in [-0.39, 0.29) is 5.78 Å². The Hall–Kier alpha value is -3.66. The molecule has 0 aliphatic heterocycles. The van der Waals surface area contributed by atoms with Crippen molar-refractivity contribution < 1.29 is 19.1 Å². The smallest absolute Gasteiger partial charge is 0.162 e. The largest absolute Gasteiger partial charge is 0.497 e. The van der Waals surface area contributed by atoms with Gasteiger partial charge in [-0.1, -0.05) is 62.6 Å². The van der Waals surface area contributed by atoms with Crippen LogP contribution in [0.4, 0.5) is 0 Å². The van der Waals surface area contributed by atoms with E-state index in [4.69, 9.17) is 9.47 Å². The van der Waals surface area contributed by atoms with Gasteiger partial charge in [0.1, 0.15) is 17.8 Å². The Kier molecular flexibility index (Phi) is 9.21. The lowest BCUT2D eigenvalue weighted by Gasteiger charge is -2.05. The summed E-state index contributed by atoms with van der Waals surface area (Å²) in [6.45, 7) is 2.18. The van der Waals surface area contributed by atoms with E-state index >= 15 is 0 Å². The molecule has 0 fully saturated rings. The lowest BCUT2D eigenvalue weighted by atomic mass is 10.0. The molecule has 0 aliphatic rings. The normalized spacial score (nSPS) is 10.4. The van der Waals surface area contributed by atoms with Gasteiger partial charge in [0.15, 0.2) is 5.78 Å². The average molecular weight is 457 g/mol. The van der Waals surface area contributed by atoms with E-state index in [1.807, 2.05) is 66.7 Å². The van der Waals surface area contributed by atoms with Crippen molar-refractivity contribution in [2.24, 2.45) is 0 Å². The standard InChI is InChI=1S/C18H22O2.C12H10O2/c1-3-4-5-6-7-18(19)16-9-8-15-13-17(20-2)11-10-14(15)12-16;1-14-12-5-4-10-6-9(8-13)2-3-11(10)7-12/h8-13H,3-7H2,1-2H3;2-8H,1H3. The Balaban J connectivity index is 0.000000202. The Bertz CT molecular complexity index is 1260. The summed E-state index contributed by atoms with van der Waals surface area (Å²) in [5.74, 6) is 1.92. The summed E-state index contributed by atoms with van der Waals surface area (Å²) in [6.07, 6.45) is 6.06. The molecule has 4 nitrogen and oxygen atoms in total. The Morgan fingerprint density at radius 1 is 0.706 bits per heavy atom. The van der Waals surface area contributed by atoms with Gasteiger partial charge in [-0.05, 0) is 64.4 Å². The molecule has 0 radical (unpaired) electrons. The molecule has 0 bridgehead atoms. The zero-order valence-corrected chi connectivity index (χ0v) is 20.2. The molecule has 0 N–H and O–H groups in total. The maximum absolute atomic E-state index is 12.1. The molecule has 4 heteroatoms. The first-order valence-corrected chi connectivity index (χ1v) is 11.7. The number of ketones is 1. The van der Waals surface area contributed by atoms with Crippen LogP contribution in [-0.2, 0) is 0 Å². The topological polar surface area (TPSA) is 52.6 Å². The first kappa shape index (κ1) is 25.0. The Morgan fingerprint density at radius 2 is 1.26 bits per heavy atom. The lowest BCUT2D eigenvalue weighted by molar-refractivity contribution is 0.0979. The van der Waals surface area contributed by atoms with Crippen LogP contribution < -0.4 is 9.47 Å². The minimum absolute atomic E-state index is 0.249. The van der Waals surface area contributed by atoms with E-state index in [0.717, 1.165) is 57.7 Å². The van der Waals surface area contributed by atoms with Crippen LogP contribution in [0.25, 0.3) is 21.5 Å². The van der Waals surface area contributed by atoms with Crippen LogP contribution in [0, 0.1) is 0 Å². The molecule has 0 atom stereocenters. The lowest BCUT2D eigenvalue weighted by Crippen LogP contribution is -1.98. The number of carbonyl (C=O) groups is 2. The minimum Gasteiger partial charge on any atom is -0.497 e. The summed E-state index contributed by atoms with van der Waals surface area (Å²) < 4.78 is 10.3. The van der Waals surface area contributed by atoms with Crippen molar-refractivity contribution >= 4 is 33.6 Å². The number of unbranched alkanes of at least 4 members (excludes halogenated alkanes) is 3. The van der Waals surface area contributed by atoms with Crippen LogP contribution in [0.5, 0.6) is 11.5 Å². The van der Waals surface area contributed by atoms with Gasteiger partial charge in [0.2, 0.25) is 0 Å². The number of aldehydes is 1. The van der Waals surface area contributed by atoms with E-state index in [9.17, 15) is 9.59 Å². The Labute approximate surface area is 201 Å². The first-order valence-electron chi connectivity index (χ1n) is 11.7. The van der Waals surface area contributed by atoms with E-state index in [1.54, 1.807) is 20.3 Å². The summed E-state index contributed by atoms with van der Waals surface area (Å²) in [4.78, 5) is 22.7. The highest BCUT2D eigenvalue weighted by Crippen LogP contribution is 2.23. The van der Waals surface area contributed by atoms with Crippen LogP contribution in [0.3, 0.4) is 0 Å². The summed E-state index contributed by atoms with van der Waals surface area (Å²) in [6, 6.07) is 23.2. The van der Waals surface area contributed by atoms with Gasteiger partial charge in [0.05, 0.1) is 14.2 Å². The second kappa shape index (κ2) is 12.5. The fourth-order valence-corrected chi connectivity index (χ4v) is 3.82. The number of methoxy groups -OCH3 is 2. The molecule has 0 aromatic heterocycles. The van der Waals surface area contributed by atoms with E-state index in [1.165, 1.54) is 12.8 Å². The molecular weight excluding hydrogens is 424 g/mol. The third-order valence-corrected chi connectivity index (χ3v) is 5.83. The van der Waals surface area contributed by atoms with Crippen molar-refractivity contribution in [3.63, 3.8) is 0 Å². The zero-order chi connectivity index (χ0) is 24.3. The van der Waals surface area contributed by atoms with Gasteiger partial charge in [-0.25, -0.2) is 0 Å². The van der Waals surface area contributed by atoms with Gasteiger partial charge in [-0.15, -0.1) is 0 Å². The SMILES string of the molecule is CCCCCCC(=O)c1ccc2cc(OC)ccc2c1.COc1ccc2cc(C=O)ccc2c1. The average Bonchev–Trinajstić information content (AvgIpc) is 2.90. The van der Waals surface area contributed by atoms with Gasteiger partial charge in [0.25, 0.3) is 0 Å².